The minimum Gasteiger partial charge on any atom is -0.487 e. The van der Waals surface area contributed by atoms with Crippen LogP contribution >= 0.6 is 23.5 Å². The number of aryl methyl sites for hydroxylation is 1. The van der Waals surface area contributed by atoms with Crippen LogP contribution in [-0.4, -0.2) is 43.0 Å². The third-order valence-electron chi connectivity index (χ3n) is 3.75. The molecule has 0 heterocycles. The molecule has 0 aromatic heterocycles. The van der Waals surface area contributed by atoms with E-state index in [0.29, 0.717) is 12.4 Å². The van der Waals surface area contributed by atoms with Gasteiger partial charge in [-0.05, 0) is 55.8 Å². The van der Waals surface area contributed by atoms with E-state index in [-0.39, 0.29) is 6.61 Å². The van der Waals surface area contributed by atoms with Crippen molar-refractivity contribution in [3.05, 3.63) is 64.7 Å². The highest BCUT2D eigenvalue weighted by Crippen LogP contribution is 2.30. The fraction of sp³-hybridized carbons (Fsp3) is 0.238. The number of ether oxygens (including phenoxy) is 2. The molecule has 0 bridgehead atoms. The maximum atomic E-state index is 10.6. The van der Waals surface area contributed by atoms with E-state index in [4.69, 9.17) is 14.6 Å². The first-order chi connectivity index (χ1) is 13.5. The predicted octanol–water partition coefficient (Wildman–Crippen LogP) is 4.90. The summed E-state index contributed by atoms with van der Waals surface area (Å²) in [6.07, 6.45) is 2.01. The number of carboxylic acids is 1. The average molecular weight is 418 g/mol. The molecule has 148 valence electrons. The molecule has 0 saturated carbocycles. The average Bonchev–Trinajstić information content (AvgIpc) is 2.70. The van der Waals surface area contributed by atoms with Crippen molar-refractivity contribution in [1.29, 1.82) is 0 Å². The summed E-state index contributed by atoms with van der Waals surface area (Å²) in [6, 6.07) is 15.3. The molecule has 0 saturated heterocycles. The van der Waals surface area contributed by atoms with E-state index in [0.717, 1.165) is 32.6 Å². The molecule has 0 atom stereocenters. The smallest absolute Gasteiger partial charge is 0.341 e. The molecule has 2 aromatic carbocycles. The standard InChI is InChI=1S/C21H23NO4S2/c1-15-11-17(9-10-19(15)26-13-21(23)24)28-14-20(27-3)18(22-2)12-25-16-7-5-4-6-8-16/h4-11H,2,12-14H2,1,3H3,(H,23,24)/b20-18-. The van der Waals surface area contributed by atoms with Gasteiger partial charge in [-0.2, -0.15) is 0 Å². The summed E-state index contributed by atoms with van der Waals surface area (Å²) in [4.78, 5) is 17.0. The zero-order valence-electron chi connectivity index (χ0n) is 15.9. The topological polar surface area (TPSA) is 68.1 Å². The summed E-state index contributed by atoms with van der Waals surface area (Å²) < 4.78 is 11.1. The van der Waals surface area contributed by atoms with Crippen LogP contribution in [0.3, 0.4) is 0 Å². The van der Waals surface area contributed by atoms with E-state index in [1.165, 1.54) is 0 Å². The van der Waals surface area contributed by atoms with Crippen molar-refractivity contribution >= 4 is 36.2 Å². The van der Waals surface area contributed by atoms with Gasteiger partial charge in [-0.3, -0.25) is 4.99 Å². The molecule has 2 rings (SSSR count). The first kappa shape index (κ1) is 21.9. The zero-order valence-corrected chi connectivity index (χ0v) is 17.5. The van der Waals surface area contributed by atoms with Crippen LogP contribution in [0.25, 0.3) is 0 Å². The van der Waals surface area contributed by atoms with Gasteiger partial charge < -0.3 is 14.6 Å². The number of hydrogen-bond donors (Lipinski definition) is 1. The fourth-order valence-corrected chi connectivity index (χ4v) is 4.20. The van der Waals surface area contributed by atoms with Gasteiger partial charge in [0.05, 0.1) is 5.70 Å². The minimum absolute atomic E-state index is 0.345. The summed E-state index contributed by atoms with van der Waals surface area (Å²) in [6.45, 7) is 5.60. The molecule has 0 spiro atoms. The molecular weight excluding hydrogens is 394 g/mol. The Hall–Kier alpha value is -2.38. The lowest BCUT2D eigenvalue weighted by Crippen LogP contribution is -2.10. The summed E-state index contributed by atoms with van der Waals surface area (Å²) in [5.41, 5.74) is 1.72. The van der Waals surface area contributed by atoms with Gasteiger partial charge in [0.2, 0.25) is 0 Å². The van der Waals surface area contributed by atoms with Gasteiger partial charge in [0.25, 0.3) is 0 Å². The van der Waals surface area contributed by atoms with Gasteiger partial charge in [0.15, 0.2) is 6.61 Å². The maximum absolute atomic E-state index is 10.6. The Morgan fingerprint density at radius 1 is 1.14 bits per heavy atom. The third-order valence-corrected chi connectivity index (χ3v) is 5.82. The van der Waals surface area contributed by atoms with Crippen molar-refractivity contribution in [3.63, 3.8) is 0 Å². The van der Waals surface area contributed by atoms with Gasteiger partial charge in [0, 0.05) is 15.6 Å². The molecule has 0 radical (unpaired) electrons. The zero-order chi connectivity index (χ0) is 20.4. The molecule has 5 nitrogen and oxygen atoms in total. The van der Waals surface area contributed by atoms with Crippen molar-refractivity contribution in [2.24, 2.45) is 4.99 Å². The number of para-hydroxylation sites is 1. The van der Waals surface area contributed by atoms with Crippen LogP contribution < -0.4 is 9.47 Å². The molecule has 0 fully saturated rings. The Morgan fingerprint density at radius 2 is 1.89 bits per heavy atom. The van der Waals surface area contributed by atoms with Gasteiger partial charge in [0.1, 0.15) is 18.1 Å². The molecule has 0 aliphatic heterocycles. The van der Waals surface area contributed by atoms with Gasteiger partial charge in [-0.15, -0.1) is 23.5 Å². The van der Waals surface area contributed by atoms with E-state index in [9.17, 15) is 4.79 Å². The van der Waals surface area contributed by atoms with E-state index in [1.807, 2.05) is 55.6 Å². The number of rotatable bonds is 11. The summed E-state index contributed by atoms with van der Waals surface area (Å²) >= 11 is 3.30. The first-order valence-electron chi connectivity index (χ1n) is 8.52. The Balaban J connectivity index is 2.00. The predicted molar refractivity (Wildman–Crippen MR) is 117 cm³/mol. The Bertz CT molecular complexity index is 838. The number of benzene rings is 2. The molecule has 7 heteroatoms. The van der Waals surface area contributed by atoms with Crippen molar-refractivity contribution < 1.29 is 19.4 Å². The summed E-state index contributed by atoms with van der Waals surface area (Å²) in [5.74, 6) is 1.12. The monoisotopic (exact) mass is 417 g/mol. The number of nitrogens with zero attached hydrogens (tertiary/aromatic N) is 1. The number of hydrogen-bond acceptors (Lipinski definition) is 6. The summed E-state index contributed by atoms with van der Waals surface area (Å²) in [7, 11) is 0. The van der Waals surface area contributed by atoms with Crippen LogP contribution in [0.15, 0.2) is 69.0 Å². The van der Waals surface area contributed by atoms with Crippen molar-refractivity contribution in [2.75, 3.05) is 25.2 Å². The largest absolute Gasteiger partial charge is 0.487 e. The van der Waals surface area contributed by atoms with Gasteiger partial charge in [-0.25, -0.2) is 4.79 Å². The fourth-order valence-electron chi connectivity index (χ4n) is 2.30. The Morgan fingerprint density at radius 3 is 2.50 bits per heavy atom. The Labute approximate surface area is 173 Å². The second-order valence-corrected chi connectivity index (χ2v) is 7.68. The molecule has 0 aliphatic rings. The normalized spacial score (nSPS) is 11.5. The van der Waals surface area contributed by atoms with Crippen LogP contribution in [0.4, 0.5) is 0 Å². The van der Waals surface area contributed by atoms with E-state index in [2.05, 4.69) is 11.7 Å². The van der Waals surface area contributed by atoms with Gasteiger partial charge in [-0.1, -0.05) is 18.2 Å². The van der Waals surface area contributed by atoms with Crippen LogP contribution in [0, 0.1) is 6.92 Å². The third kappa shape index (κ3) is 6.98. The Kier molecular flexibility index (Phi) is 8.97. The molecule has 2 aromatic rings. The highest BCUT2D eigenvalue weighted by Gasteiger charge is 2.09. The van der Waals surface area contributed by atoms with E-state index in [1.54, 1.807) is 29.6 Å². The molecule has 0 aliphatic carbocycles. The van der Waals surface area contributed by atoms with Crippen LogP contribution in [0.5, 0.6) is 11.5 Å². The molecule has 1 N–H and O–H groups in total. The molecular formula is C21H23NO4S2. The quantitative estimate of drug-likeness (QED) is 0.414. The maximum Gasteiger partial charge on any atom is 0.341 e. The number of thioether (sulfide) groups is 2. The highest BCUT2D eigenvalue weighted by molar-refractivity contribution is 8.05. The SMILES string of the molecule is C=N/C(COc1ccccc1)=C(/CSc1ccc(OCC(=O)O)c(C)c1)SC. The molecule has 28 heavy (non-hydrogen) atoms. The van der Waals surface area contributed by atoms with Crippen LogP contribution in [-0.2, 0) is 4.79 Å². The van der Waals surface area contributed by atoms with Crippen molar-refractivity contribution in [2.45, 2.75) is 11.8 Å². The number of carboxylic acid groups (broad SMARTS) is 1. The van der Waals surface area contributed by atoms with Crippen LogP contribution in [0.2, 0.25) is 0 Å². The van der Waals surface area contributed by atoms with E-state index < -0.39 is 5.97 Å². The van der Waals surface area contributed by atoms with Gasteiger partial charge >= 0.3 is 5.97 Å². The number of carbonyl (C=O) groups is 1. The summed E-state index contributed by atoms with van der Waals surface area (Å²) in [5, 5.41) is 8.72. The number of aliphatic imine (C=N–C) groups is 1. The lowest BCUT2D eigenvalue weighted by Gasteiger charge is -2.12. The molecule has 0 amide bonds. The number of aliphatic carboxylic acids is 1. The van der Waals surface area contributed by atoms with Crippen LogP contribution in [0.1, 0.15) is 5.56 Å². The second-order valence-electron chi connectivity index (χ2n) is 5.73. The molecule has 0 unspecified atom stereocenters. The second kappa shape index (κ2) is 11.5. The highest BCUT2D eigenvalue weighted by atomic mass is 32.2. The lowest BCUT2D eigenvalue weighted by molar-refractivity contribution is -0.139. The van der Waals surface area contributed by atoms with Crippen molar-refractivity contribution in [1.82, 2.24) is 0 Å². The lowest BCUT2D eigenvalue weighted by atomic mass is 10.2. The van der Waals surface area contributed by atoms with Crippen molar-refractivity contribution in [3.8, 4) is 11.5 Å². The van der Waals surface area contributed by atoms with E-state index >= 15 is 0 Å². The minimum atomic E-state index is -0.991. The first-order valence-corrected chi connectivity index (χ1v) is 10.7.